The Hall–Kier alpha value is -1.99. The first-order chi connectivity index (χ1) is 9.28. The third-order valence-corrected chi connectivity index (χ3v) is 3.91. The van der Waals surface area contributed by atoms with Crippen LogP contribution in [0.2, 0.25) is 0 Å². The van der Waals surface area contributed by atoms with E-state index in [4.69, 9.17) is 5.84 Å². The number of nitrogens with zero attached hydrogens (tertiary/aromatic N) is 3. The number of nitrogen functional groups attached to an aromatic ring is 1. The van der Waals surface area contributed by atoms with Crippen molar-refractivity contribution in [3.8, 4) is 0 Å². The molecule has 3 rings (SSSR count). The van der Waals surface area contributed by atoms with Gasteiger partial charge in [-0.2, -0.15) is 0 Å². The summed E-state index contributed by atoms with van der Waals surface area (Å²) in [5.74, 6) is 5.40. The number of fused-ring (bicyclic) bond motifs is 1. The number of anilines is 2. The molecule has 0 saturated carbocycles. The Morgan fingerprint density at radius 1 is 1.32 bits per heavy atom. The van der Waals surface area contributed by atoms with Crippen molar-refractivity contribution in [2.24, 2.45) is 5.84 Å². The summed E-state index contributed by atoms with van der Waals surface area (Å²) in [4.78, 5) is 13.8. The zero-order valence-corrected chi connectivity index (χ0v) is 11.0. The van der Waals surface area contributed by atoms with Gasteiger partial charge in [0.1, 0.15) is 5.01 Å². The average molecular weight is 275 g/mol. The van der Waals surface area contributed by atoms with Crippen molar-refractivity contribution in [1.29, 1.82) is 0 Å². The molecule has 1 aliphatic heterocycles. The zero-order valence-electron chi connectivity index (χ0n) is 10.2. The normalized spacial score (nSPS) is 14.4. The van der Waals surface area contributed by atoms with Crippen molar-refractivity contribution < 1.29 is 4.79 Å². The summed E-state index contributed by atoms with van der Waals surface area (Å²) in [6.07, 6.45) is 1.34. The minimum absolute atomic E-state index is 0.121. The highest BCUT2D eigenvalue weighted by atomic mass is 32.1. The van der Waals surface area contributed by atoms with Gasteiger partial charge in [0.2, 0.25) is 11.0 Å². The monoisotopic (exact) mass is 275 g/mol. The first-order valence-electron chi connectivity index (χ1n) is 5.95. The molecular formula is C12H13N5OS. The van der Waals surface area contributed by atoms with E-state index >= 15 is 0 Å². The third-order valence-electron chi connectivity index (χ3n) is 3.08. The highest BCUT2D eigenvalue weighted by Gasteiger charge is 2.24. The molecule has 0 saturated heterocycles. The van der Waals surface area contributed by atoms with Crippen LogP contribution in [0.5, 0.6) is 0 Å². The molecule has 2 heterocycles. The van der Waals surface area contributed by atoms with Crippen LogP contribution in [-0.4, -0.2) is 16.1 Å². The van der Waals surface area contributed by atoms with Gasteiger partial charge in [-0.3, -0.25) is 10.2 Å². The summed E-state index contributed by atoms with van der Waals surface area (Å²) in [5, 5.41) is 9.21. The Morgan fingerprint density at radius 3 is 2.95 bits per heavy atom. The fourth-order valence-corrected chi connectivity index (χ4v) is 2.82. The van der Waals surface area contributed by atoms with Crippen LogP contribution < -0.4 is 16.2 Å². The molecule has 1 aromatic carbocycles. The van der Waals surface area contributed by atoms with Crippen molar-refractivity contribution in [3.05, 3.63) is 34.8 Å². The molecular weight excluding hydrogens is 262 g/mol. The molecule has 1 aromatic heterocycles. The Labute approximate surface area is 114 Å². The molecule has 2 aromatic rings. The second-order valence-corrected chi connectivity index (χ2v) is 5.32. The summed E-state index contributed by atoms with van der Waals surface area (Å²) in [5.41, 5.74) is 4.62. The van der Waals surface area contributed by atoms with Crippen LogP contribution in [0.1, 0.15) is 17.0 Å². The van der Waals surface area contributed by atoms with Crippen molar-refractivity contribution in [2.45, 2.75) is 19.4 Å². The molecule has 3 N–H and O–H groups in total. The van der Waals surface area contributed by atoms with Gasteiger partial charge in [-0.15, -0.1) is 10.2 Å². The number of benzene rings is 1. The fourth-order valence-electron chi connectivity index (χ4n) is 2.18. The van der Waals surface area contributed by atoms with E-state index in [1.54, 1.807) is 4.90 Å². The van der Waals surface area contributed by atoms with Gasteiger partial charge in [0.15, 0.2) is 0 Å². The van der Waals surface area contributed by atoms with Crippen LogP contribution in [0, 0.1) is 0 Å². The molecule has 0 radical (unpaired) electrons. The van der Waals surface area contributed by atoms with Gasteiger partial charge in [-0.05, 0) is 18.1 Å². The van der Waals surface area contributed by atoms with Gasteiger partial charge in [0, 0.05) is 12.1 Å². The molecule has 0 bridgehead atoms. The summed E-state index contributed by atoms with van der Waals surface area (Å²) in [7, 11) is 0. The zero-order chi connectivity index (χ0) is 13.2. The summed E-state index contributed by atoms with van der Waals surface area (Å²) < 4.78 is 0. The molecule has 0 unspecified atom stereocenters. The van der Waals surface area contributed by atoms with Gasteiger partial charge in [0.05, 0.1) is 6.54 Å². The van der Waals surface area contributed by atoms with Gasteiger partial charge in [0.25, 0.3) is 0 Å². The molecule has 1 aliphatic rings. The highest BCUT2D eigenvalue weighted by molar-refractivity contribution is 7.15. The van der Waals surface area contributed by atoms with E-state index in [2.05, 4.69) is 21.7 Å². The van der Waals surface area contributed by atoms with Crippen LogP contribution in [0.15, 0.2) is 24.3 Å². The third kappa shape index (κ3) is 2.29. The number of carbonyl (C=O) groups excluding carboxylic acids is 1. The summed E-state index contributed by atoms with van der Waals surface area (Å²) >= 11 is 1.35. The Morgan fingerprint density at radius 2 is 2.16 bits per heavy atom. The highest BCUT2D eigenvalue weighted by Crippen LogP contribution is 2.29. The van der Waals surface area contributed by atoms with Crippen molar-refractivity contribution in [2.75, 3.05) is 10.3 Å². The fraction of sp³-hybridized carbons (Fsp3) is 0.250. The number of hydrogen-bond donors (Lipinski definition) is 2. The number of para-hydroxylation sites is 1. The standard InChI is InChI=1S/C12H13N5OS/c13-14-12-16-15-10(19-12)7-17-9-4-2-1-3-8(9)5-6-11(17)18/h1-4H,5-7,13H2,(H,14,16). The van der Waals surface area contributed by atoms with E-state index < -0.39 is 0 Å². The first kappa shape index (κ1) is 12.1. The molecule has 6 nitrogen and oxygen atoms in total. The molecule has 0 spiro atoms. The molecule has 19 heavy (non-hydrogen) atoms. The predicted molar refractivity (Wildman–Crippen MR) is 73.7 cm³/mol. The summed E-state index contributed by atoms with van der Waals surface area (Å²) in [6, 6.07) is 7.96. The SMILES string of the molecule is NNc1nnc(CN2C(=O)CCc3ccccc32)s1. The number of aromatic nitrogens is 2. The van der Waals surface area contributed by atoms with Gasteiger partial charge in [-0.1, -0.05) is 29.5 Å². The van der Waals surface area contributed by atoms with E-state index in [9.17, 15) is 4.79 Å². The maximum atomic E-state index is 12.1. The summed E-state index contributed by atoms with van der Waals surface area (Å²) in [6.45, 7) is 0.440. The number of hydrogen-bond acceptors (Lipinski definition) is 6. The lowest BCUT2D eigenvalue weighted by Gasteiger charge is -2.28. The average Bonchev–Trinajstić information content (AvgIpc) is 2.90. The number of amides is 1. The van der Waals surface area contributed by atoms with E-state index in [-0.39, 0.29) is 5.91 Å². The molecule has 1 amide bonds. The number of nitrogens with one attached hydrogen (secondary N) is 1. The van der Waals surface area contributed by atoms with Gasteiger partial charge in [-0.25, -0.2) is 5.84 Å². The van der Waals surface area contributed by atoms with Crippen LogP contribution in [0.25, 0.3) is 0 Å². The van der Waals surface area contributed by atoms with E-state index in [0.717, 1.165) is 17.1 Å². The minimum Gasteiger partial charge on any atom is -0.305 e. The van der Waals surface area contributed by atoms with E-state index in [1.165, 1.54) is 16.9 Å². The number of nitrogens with two attached hydrogens (primary N) is 1. The number of carbonyl (C=O) groups is 1. The lowest BCUT2D eigenvalue weighted by atomic mass is 10.0. The lowest BCUT2D eigenvalue weighted by molar-refractivity contribution is -0.119. The maximum Gasteiger partial charge on any atom is 0.227 e. The van der Waals surface area contributed by atoms with Crippen LogP contribution in [-0.2, 0) is 17.8 Å². The van der Waals surface area contributed by atoms with Gasteiger partial charge >= 0.3 is 0 Å². The second kappa shape index (κ2) is 4.94. The molecule has 0 atom stereocenters. The quantitative estimate of drug-likeness (QED) is 0.651. The predicted octanol–water partition coefficient (Wildman–Crippen LogP) is 1.30. The lowest BCUT2D eigenvalue weighted by Crippen LogP contribution is -2.34. The van der Waals surface area contributed by atoms with Crippen LogP contribution >= 0.6 is 11.3 Å². The smallest absolute Gasteiger partial charge is 0.227 e. The Balaban J connectivity index is 1.89. The Bertz CT molecular complexity index is 612. The van der Waals surface area contributed by atoms with Gasteiger partial charge < -0.3 is 4.90 Å². The van der Waals surface area contributed by atoms with Crippen LogP contribution in [0.3, 0.4) is 0 Å². The minimum atomic E-state index is 0.121. The number of aryl methyl sites for hydroxylation is 1. The largest absolute Gasteiger partial charge is 0.305 e. The number of hydrazine groups is 1. The second-order valence-electron chi connectivity index (χ2n) is 4.25. The molecule has 0 aliphatic carbocycles. The Kier molecular flexibility index (Phi) is 3.14. The van der Waals surface area contributed by atoms with Crippen LogP contribution in [0.4, 0.5) is 10.8 Å². The van der Waals surface area contributed by atoms with E-state index in [1.807, 2.05) is 18.2 Å². The number of rotatable bonds is 3. The van der Waals surface area contributed by atoms with E-state index in [0.29, 0.717) is 18.1 Å². The van der Waals surface area contributed by atoms with Crippen molar-refractivity contribution in [1.82, 2.24) is 10.2 Å². The molecule has 0 fully saturated rings. The molecule has 7 heteroatoms. The maximum absolute atomic E-state index is 12.1. The topological polar surface area (TPSA) is 84.1 Å². The van der Waals surface area contributed by atoms with Crippen molar-refractivity contribution in [3.63, 3.8) is 0 Å². The van der Waals surface area contributed by atoms with Crippen molar-refractivity contribution >= 4 is 28.1 Å². The molecule has 98 valence electrons. The first-order valence-corrected chi connectivity index (χ1v) is 6.77.